The van der Waals surface area contributed by atoms with Crippen LogP contribution in [0.1, 0.15) is 22.8 Å². The normalized spacial score (nSPS) is 21.1. The second kappa shape index (κ2) is 5.50. The van der Waals surface area contributed by atoms with Gasteiger partial charge in [-0.2, -0.15) is 0 Å². The average Bonchev–Trinajstić information content (AvgIpc) is 2.41. The van der Waals surface area contributed by atoms with Gasteiger partial charge in [0.2, 0.25) is 0 Å². The molecule has 1 aromatic carbocycles. The van der Waals surface area contributed by atoms with E-state index in [0.717, 1.165) is 30.8 Å². The van der Waals surface area contributed by atoms with Crippen molar-refractivity contribution in [1.82, 2.24) is 9.80 Å². The summed E-state index contributed by atoms with van der Waals surface area (Å²) in [5.74, 6) is 0.124. The second-order valence-electron chi connectivity index (χ2n) is 4.98. The van der Waals surface area contributed by atoms with Crippen molar-refractivity contribution in [3.05, 3.63) is 35.4 Å². The highest BCUT2D eigenvalue weighted by Crippen LogP contribution is 2.12. The van der Waals surface area contributed by atoms with Gasteiger partial charge in [0.15, 0.2) is 0 Å². The molecule has 1 heterocycles. The molecule has 2 rings (SSSR count). The Bertz CT molecular complexity index is 416. The number of hydrogen-bond acceptors (Lipinski definition) is 3. The first-order chi connectivity index (χ1) is 8.61. The number of nitrogens with two attached hydrogens (primary N) is 1. The average molecular weight is 247 g/mol. The number of carbonyl (C=O) groups is 1. The van der Waals surface area contributed by atoms with Gasteiger partial charge in [-0.15, -0.1) is 0 Å². The molecule has 4 nitrogen and oxygen atoms in total. The largest absolute Gasteiger partial charge is 0.336 e. The molecule has 0 aromatic heterocycles. The van der Waals surface area contributed by atoms with E-state index < -0.39 is 0 Å². The molecule has 4 heteroatoms. The van der Waals surface area contributed by atoms with Gasteiger partial charge in [0.05, 0.1) is 0 Å². The summed E-state index contributed by atoms with van der Waals surface area (Å²) in [7, 11) is 2.10. The molecule has 1 aliphatic rings. The van der Waals surface area contributed by atoms with Gasteiger partial charge in [-0.05, 0) is 31.7 Å². The number of amides is 1. The summed E-state index contributed by atoms with van der Waals surface area (Å²) in [6, 6.07) is 8.01. The third-order valence-corrected chi connectivity index (χ3v) is 3.68. The van der Waals surface area contributed by atoms with E-state index in [4.69, 9.17) is 5.73 Å². The van der Waals surface area contributed by atoms with E-state index in [9.17, 15) is 4.79 Å². The molecule has 0 aliphatic carbocycles. The molecular weight excluding hydrogens is 226 g/mol. The summed E-state index contributed by atoms with van der Waals surface area (Å²) in [5, 5.41) is 0. The van der Waals surface area contributed by atoms with Crippen molar-refractivity contribution in [3.63, 3.8) is 0 Å². The van der Waals surface area contributed by atoms with Gasteiger partial charge in [0.1, 0.15) is 0 Å². The van der Waals surface area contributed by atoms with Crippen LogP contribution in [0, 0.1) is 0 Å². The lowest BCUT2D eigenvalue weighted by Gasteiger charge is -2.37. The fourth-order valence-electron chi connectivity index (χ4n) is 2.20. The van der Waals surface area contributed by atoms with Gasteiger partial charge in [-0.1, -0.05) is 12.1 Å². The topological polar surface area (TPSA) is 49.6 Å². The Morgan fingerprint density at radius 2 is 2.00 bits per heavy atom. The molecular formula is C14H21N3O. The maximum Gasteiger partial charge on any atom is 0.253 e. The molecule has 1 unspecified atom stereocenters. The molecule has 1 amide bonds. The number of likely N-dealkylation sites (N-methyl/N-ethyl adjacent to an activating group) is 1. The van der Waals surface area contributed by atoms with Crippen molar-refractivity contribution >= 4 is 5.91 Å². The maximum atomic E-state index is 12.3. The number of carbonyl (C=O) groups excluding carboxylic acids is 1. The predicted octanol–water partition coefficient (Wildman–Crippen LogP) is 0.921. The van der Waals surface area contributed by atoms with Gasteiger partial charge < -0.3 is 15.5 Å². The van der Waals surface area contributed by atoms with Crippen LogP contribution in [0.15, 0.2) is 24.3 Å². The van der Waals surface area contributed by atoms with Crippen LogP contribution in [0.2, 0.25) is 0 Å². The van der Waals surface area contributed by atoms with Crippen LogP contribution in [0.4, 0.5) is 0 Å². The van der Waals surface area contributed by atoms with E-state index in [1.807, 2.05) is 29.2 Å². The summed E-state index contributed by atoms with van der Waals surface area (Å²) in [6.07, 6.45) is 0. The van der Waals surface area contributed by atoms with Crippen molar-refractivity contribution in [2.75, 3.05) is 26.7 Å². The monoisotopic (exact) mass is 247 g/mol. The summed E-state index contributed by atoms with van der Waals surface area (Å²) in [5.41, 5.74) is 7.36. The summed E-state index contributed by atoms with van der Waals surface area (Å²) >= 11 is 0. The van der Waals surface area contributed by atoms with E-state index in [0.29, 0.717) is 12.6 Å². The molecule has 1 aromatic rings. The Labute approximate surface area is 108 Å². The van der Waals surface area contributed by atoms with Crippen LogP contribution in [-0.4, -0.2) is 48.4 Å². The van der Waals surface area contributed by atoms with E-state index in [2.05, 4.69) is 18.9 Å². The number of benzene rings is 1. The summed E-state index contributed by atoms with van der Waals surface area (Å²) in [4.78, 5) is 16.5. The van der Waals surface area contributed by atoms with Crippen LogP contribution in [0.5, 0.6) is 0 Å². The van der Waals surface area contributed by atoms with Crippen LogP contribution in [0.3, 0.4) is 0 Å². The Morgan fingerprint density at radius 1 is 1.33 bits per heavy atom. The molecule has 0 spiro atoms. The molecule has 98 valence electrons. The van der Waals surface area contributed by atoms with Gasteiger partial charge in [-0.3, -0.25) is 4.79 Å². The molecule has 0 radical (unpaired) electrons. The van der Waals surface area contributed by atoms with Crippen molar-refractivity contribution in [2.24, 2.45) is 5.73 Å². The molecule has 2 N–H and O–H groups in total. The molecule has 1 atom stereocenters. The lowest BCUT2D eigenvalue weighted by Crippen LogP contribution is -2.52. The van der Waals surface area contributed by atoms with Gasteiger partial charge in [0, 0.05) is 37.8 Å². The van der Waals surface area contributed by atoms with Crippen LogP contribution >= 0.6 is 0 Å². The molecule has 18 heavy (non-hydrogen) atoms. The van der Waals surface area contributed by atoms with E-state index in [-0.39, 0.29) is 5.91 Å². The molecule has 0 saturated carbocycles. The van der Waals surface area contributed by atoms with Gasteiger partial charge >= 0.3 is 0 Å². The fourth-order valence-corrected chi connectivity index (χ4v) is 2.20. The third-order valence-electron chi connectivity index (χ3n) is 3.68. The maximum absolute atomic E-state index is 12.3. The van der Waals surface area contributed by atoms with E-state index in [1.165, 1.54) is 0 Å². The minimum Gasteiger partial charge on any atom is -0.336 e. The minimum absolute atomic E-state index is 0.124. The van der Waals surface area contributed by atoms with Gasteiger partial charge in [0.25, 0.3) is 5.91 Å². The lowest BCUT2D eigenvalue weighted by molar-refractivity contribution is 0.0572. The first-order valence-electron chi connectivity index (χ1n) is 6.40. The standard InChI is InChI=1S/C14H21N3O/c1-11-10-17(8-7-16(11)2)14(18)13-5-3-12(9-15)4-6-13/h3-6,11H,7-10,15H2,1-2H3. The first kappa shape index (κ1) is 13.1. The SMILES string of the molecule is CC1CN(C(=O)c2ccc(CN)cc2)CCN1C. The summed E-state index contributed by atoms with van der Waals surface area (Å²) in [6.45, 7) is 5.21. The number of piperazine rings is 1. The zero-order chi connectivity index (χ0) is 13.1. The van der Waals surface area contributed by atoms with Crippen LogP contribution < -0.4 is 5.73 Å². The lowest BCUT2D eigenvalue weighted by atomic mass is 10.1. The Morgan fingerprint density at radius 3 is 2.56 bits per heavy atom. The van der Waals surface area contributed by atoms with Crippen molar-refractivity contribution in [1.29, 1.82) is 0 Å². The summed E-state index contributed by atoms with van der Waals surface area (Å²) < 4.78 is 0. The Hall–Kier alpha value is -1.39. The minimum atomic E-state index is 0.124. The highest BCUT2D eigenvalue weighted by atomic mass is 16.2. The van der Waals surface area contributed by atoms with Crippen LogP contribution in [0.25, 0.3) is 0 Å². The van der Waals surface area contributed by atoms with Crippen molar-refractivity contribution in [3.8, 4) is 0 Å². The second-order valence-corrected chi connectivity index (χ2v) is 4.98. The Balaban J connectivity index is 2.06. The van der Waals surface area contributed by atoms with Crippen molar-refractivity contribution < 1.29 is 4.79 Å². The predicted molar refractivity (Wildman–Crippen MR) is 72.3 cm³/mol. The number of hydrogen-bond donors (Lipinski definition) is 1. The molecule has 1 aliphatic heterocycles. The molecule has 1 saturated heterocycles. The zero-order valence-corrected chi connectivity index (χ0v) is 11.1. The quantitative estimate of drug-likeness (QED) is 0.845. The van der Waals surface area contributed by atoms with Gasteiger partial charge in [-0.25, -0.2) is 0 Å². The van der Waals surface area contributed by atoms with E-state index in [1.54, 1.807) is 0 Å². The Kier molecular flexibility index (Phi) is 3.99. The molecule has 0 bridgehead atoms. The highest BCUT2D eigenvalue weighted by Gasteiger charge is 2.24. The fraction of sp³-hybridized carbons (Fsp3) is 0.500. The van der Waals surface area contributed by atoms with Crippen molar-refractivity contribution in [2.45, 2.75) is 19.5 Å². The number of rotatable bonds is 2. The first-order valence-corrected chi connectivity index (χ1v) is 6.40. The molecule has 1 fully saturated rings. The van der Waals surface area contributed by atoms with Crippen LogP contribution in [-0.2, 0) is 6.54 Å². The zero-order valence-electron chi connectivity index (χ0n) is 11.1. The highest BCUT2D eigenvalue weighted by molar-refractivity contribution is 5.94. The third kappa shape index (κ3) is 2.71. The van der Waals surface area contributed by atoms with E-state index >= 15 is 0 Å². The smallest absolute Gasteiger partial charge is 0.253 e. The number of nitrogens with zero attached hydrogens (tertiary/aromatic N) is 2.